The van der Waals surface area contributed by atoms with Gasteiger partial charge in [0, 0.05) is 17.7 Å². The number of rotatable bonds is 1. The number of nitrogens with zero attached hydrogens (tertiary/aromatic N) is 2. The summed E-state index contributed by atoms with van der Waals surface area (Å²) < 4.78 is 2.13. The number of aryl methyl sites for hydroxylation is 1. The van der Waals surface area contributed by atoms with Crippen LogP contribution in [0.1, 0.15) is 24.4 Å². The smallest absolute Gasteiger partial charge is 0.173 e. The third kappa shape index (κ3) is 1.73. The summed E-state index contributed by atoms with van der Waals surface area (Å²) in [6, 6.07) is 5.00. The summed E-state index contributed by atoms with van der Waals surface area (Å²) >= 11 is 0. The van der Waals surface area contributed by atoms with Gasteiger partial charge >= 0.3 is 0 Å². The Kier molecular flexibility index (Phi) is 2.32. The van der Waals surface area contributed by atoms with E-state index in [0.29, 0.717) is 6.04 Å². The van der Waals surface area contributed by atoms with Crippen LogP contribution in [-0.2, 0) is 7.05 Å². The highest BCUT2D eigenvalue weighted by molar-refractivity contribution is 5.12. The largest absolute Gasteiger partial charge is 0.299 e. The van der Waals surface area contributed by atoms with E-state index in [1.165, 1.54) is 24.9 Å². The molecule has 1 aliphatic rings. The second kappa shape index (κ2) is 3.46. The summed E-state index contributed by atoms with van der Waals surface area (Å²) in [5, 5.41) is 0. The van der Waals surface area contributed by atoms with E-state index >= 15 is 0 Å². The number of hydrogen-bond acceptors (Lipinski definition) is 1. The van der Waals surface area contributed by atoms with Gasteiger partial charge in [0.15, 0.2) is 12.4 Å². The van der Waals surface area contributed by atoms with Crippen molar-refractivity contribution in [3.05, 3.63) is 30.1 Å². The van der Waals surface area contributed by atoms with Gasteiger partial charge in [-0.3, -0.25) is 4.90 Å². The minimum absolute atomic E-state index is 0.646. The van der Waals surface area contributed by atoms with Gasteiger partial charge in [-0.15, -0.1) is 0 Å². The third-order valence-corrected chi connectivity index (χ3v) is 2.87. The molecule has 2 nitrogen and oxygen atoms in total. The Bertz CT molecular complexity index is 296. The average Bonchev–Trinajstić information content (AvgIpc) is 2.51. The lowest BCUT2D eigenvalue weighted by atomic mass is 10.1. The van der Waals surface area contributed by atoms with Crippen LogP contribution >= 0.6 is 0 Å². The van der Waals surface area contributed by atoms with E-state index in [2.05, 4.69) is 48.1 Å². The van der Waals surface area contributed by atoms with Crippen LogP contribution in [0.5, 0.6) is 0 Å². The summed E-state index contributed by atoms with van der Waals surface area (Å²) in [6.45, 7) is 1.24. The highest BCUT2D eigenvalue weighted by atomic mass is 15.1. The first kappa shape index (κ1) is 8.70. The predicted molar refractivity (Wildman–Crippen MR) is 52.2 cm³/mol. The zero-order valence-corrected chi connectivity index (χ0v) is 8.40. The molecule has 13 heavy (non-hydrogen) atoms. The number of hydrogen-bond donors (Lipinski definition) is 0. The van der Waals surface area contributed by atoms with Gasteiger partial charge in [0.25, 0.3) is 0 Å². The predicted octanol–water partition coefficient (Wildman–Crippen LogP) is 1.28. The Hall–Kier alpha value is -0.890. The zero-order chi connectivity index (χ0) is 9.26. The standard InChI is InChI=1S/C11H17N2/c1-12-7-3-5-10(9-12)11-6-4-8-13(11)2/h3,5,7,9,11H,4,6,8H2,1-2H3/q+1/t11-/m1/s1. The molecule has 0 bridgehead atoms. The minimum Gasteiger partial charge on any atom is -0.299 e. The van der Waals surface area contributed by atoms with E-state index < -0.39 is 0 Å². The molecular formula is C11H17N2+. The molecule has 1 atom stereocenters. The summed E-state index contributed by atoms with van der Waals surface area (Å²) in [6.07, 6.45) is 6.95. The van der Waals surface area contributed by atoms with Crippen molar-refractivity contribution >= 4 is 0 Å². The number of likely N-dealkylation sites (tertiary alicyclic amines) is 1. The number of pyridine rings is 1. The topological polar surface area (TPSA) is 7.12 Å². The molecule has 0 spiro atoms. The van der Waals surface area contributed by atoms with Gasteiger partial charge in [-0.2, -0.15) is 0 Å². The second-order valence-corrected chi connectivity index (χ2v) is 3.94. The second-order valence-electron chi connectivity index (χ2n) is 3.94. The van der Waals surface area contributed by atoms with Crippen LogP contribution < -0.4 is 4.57 Å². The van der Waals surface area contributed by atoms with Crippen LogP contribution in [-0.4, -0.2) is 18.5 Å². The molecular weight excluding hydrogens is 160 g/mol. The molecule has 0 radical (unpaired) electrons. The van der Waals surface area contributed by atoms with Gasteiger partial charge in [-0.1, -0.05) is 0 Å². The lowest BCUT2D eigenvalue weighted by Crippen LogP contribution is -2.29. The first-order chi connectivity index (χ1) is 6.27. The van der Waals surface area contributed by atoms with E-state index in [4.69, 9.17) is 0 Å². The fraction of sp³-hybridized carbons (Fsp3) is 0.545. The van der Waals surface area contributed by atoms with Crippen molar-refractivity contribution in [1.29, 1.82) is 0 Å². The molecule has 70 valence electrons. The highest BCUT2D eigenvalue weighted by Gasteiger charge is 2.23. The molecule has 0 unspecified atom stereocenters. The minimum atomic E-state index is 0.646. The Morgan fingerprint density at radius 1 is 1.54 bits per heavy atom. The Balaban J connectivity index is 2.24. The molecule has 0 N–H and O–H groups in total. The van der Waals surface area contributed by atoms with E-state index in [1.807, 2.05) is 0 Å². The van der Waals surface area contributed by atoms with Crippen LogP contribution in [0.4, 0.5) is 0 Å². The van der Waals surface area contributed by atoms with Crippen LogP contribution in [0.25, 0.3) is 0 Å². The normalized spacial score (nSPS) is 23.7. The van der Waals surface area contributed by atoms with Crippen molar-refractivity contribution in [2.24, 2.45) is 7.05 Å². The molecule has 1 aliphatic heterocycles. The molecule has 2 heterocycles. The van der Waals surface area contributed by atoms with Crippen LogP contribution in [0.15, 0.2) is 24.5 Å². The molecule has 0 aliphatic carbocycles. The lowest BCUT2D eigenvalue weighted by Gasteiger charge is -2.17. The Morgan fingerprint density at radius 3 is 3.00 bits per heavy atom. The third-order valence-electron chi connectivity index (χ3n) is 2.87. The van der Waals surface area contributed by atoms with Crippen LogP contribution in [0.3, 0.4) is 0 Å². The monoisotopic (exact) mass is 177 g/mol. The summed E-state index contributed by atoms with van der Waals surface area (Å²) in [5.41, 5.74) is 1.45. The van der Waals surface area contributed by atoms with E-state index in [0.717, 1.165) is 0 Å². The summed E-state index contributed by atoms with van der Waals surface area (Å²) in [4.78, 5) is 2.44. The summed E-state index contributed by atoms with van der Waals surface area (Å²) in [7, 11) is 4.29. The summed E-state index contributed by atoms with van der Waals surface area (Å²) in [5.74, 6) is 0. The maximum Gasteiger partial charge on any atom is 0.173 e. The van der Waals surface area contributed by atoms with Gasteiger partial charge in [-0.05, 0) is 32.5 Å². The van der Waals surface area contributed by atoms with Crippen molar-refractivity contribution in [2.75, 3.05) is 13.6 Å². The molecule has 2 rings (SSSR count). The molecule has 1 aromatic rings. The molecule has 1 fully saturated rings. The number of aromatic nitrogens is 1. The maximum absolute atomic E-state index is 2.44. The fourth-order valence-electron chi connectivity index (χ4n) is 2.14. The first-order valence-corrected chi connectivity index (χ1v) is 4.93. The van der Waals surface area contributed by atoms with Gasteiger partial charge in [0.1, 0.15) is 7.05 Å². The van der Waals surface area contributed by atoms with Crippen molar-refractivity contribution in [2.45, 2.75) is 18.9 Å². The van der Waals surface area contributed by atoms with Crippen LogP contribution in [0, 0.1) is 0 Å². The average molecular weight is 177 g/mol. The van der Waals surface area contributed by atoms with E-state index in [-0.39, 0.29) is 0 Å². The first-order valence-electron chi connectivity index (χ1n) is 4.93. The maximum atomic E-state index is 2.44. The van der Waals surface area contributed by atoms with Crippen LogP contribution in [0.2, 0.25) is 0 Å². The molecule has 0 aromatic carbocycles. The van der Waals surface area contributed by atoms with Gasteiger partial charge in [0.2, 0.25) is 0 Å². The van der Waals surface area contributed by atoms with Gasteiger partial charge < -0.3 is 0 Å². The van der Waals surface area contributed by atoms with E-state index in [1.54, 1.807) is 0 Å². The van der Waals surface area contributed by atoms with E-state index in [9.17, 15) is 0 Å². The van der Waals surface area contributed by atoms with Gasteiger partial charge in [-0.25, -0.2) is 4.57 Å². The fourth-order valence-corrected chi connectivity index (χ4v) is 2.14. The lowest BCUT2D eigenvalue weighted by molar-refractivity contribution is -0.672. The SMILES string of the molecule is CN1CCC[C@@H]1c1ccc[n+](C)c1. The molecule has 0 saturated carbocycles. The van der Waals surface area contributed by atoms with Gasteiger partial charge in [0.05, 0.1) is 0 Å². The molecule has 2 heteroatoms. The Morgan fingerprint density at radius 2 is 2.38 bits per heavy atom. The van der Waals surface area contributed by atoms with Crippen molar-refractivity contribution in [3.8, 4) is 0 Å². The Labute approximate surface area is 79.8 Å². The molecule has 1 aromatic heterocycles. The highest BCUT2D eigenvalue weighted by Crippen LogP contribution is 2.28. The van der Waals surface area contributed by atoms with Crippen molar-refractivity contribution in [3.63, 3.8) is 0 Å². The molecule has 1 saturated heterocycles. The van der Waals surface area contributed by atoms with Crippen molar-refractivity contribution in [1.82, 2.24) is 4.90 Å². The quantitative estimate of drug-likeness (QED) is 0.586. The zero-order valence-electron chi connectivity index (χ0n) is 8.40. The molecule has 0 amide bonds. The van der Waals surface area contributed by atoms with Crippen molar-refractivity contribution < 1.29 is 4.57 Å².